The molecule has 1 unspecified atom stereocenters. The molecule has 1 atom stereocenters. The summed E-state index contributed by atoms with van der Waals surface area (Å²) in [6, 6.07) is 18.6. The van der Waals surface area contributed by atoms with Gasteiger partial charge >= 0.3 is 0 Å². The number of imidazole rings is 2. The van der Waals surface area contributed by atoms with E-state index in [-0.39, 0.29) is 0 Å². The highest BCUT2D eigenvalue weighted by Crippen LogP contribution is 2.29. The van der Waals surface area contributed by atoms with E-state index < -0.39 is 0 Å². The summed E-state index contributed by atoms with van der Waals surface area (Å²) in [5.74, 6) is 2.40. The lowest BCUT2D eigenvalue weighted by Crippen LogP contribution is -2.34. The minimum Gasteiger partial charge on any atom is -0.371 e. The van der Waals surface area contributed by atoms with Gasteiger partial charge in [-0.2, -0.15) is 0 Å². The number of H-pyrrole nitrogens is 2. The van der Waals surface area contributed by atoms with Gasteiger partial charge in [0.05, 0.1) is 22.1 Å². The van der Waals surface area contributed by atoms with Gasteiger partial charge in [0.1, 0.15) is 11.5 Å². The van der Waals surface area contributed by atoms with Crippen LogP contribution in [-0.4, -0.2) is 38.0 Å². The molecule has 0 radical (unpaired) electrons. The Morgan fingerprint density at radius 3 is 2.55 bits per heavy atom. The van der Waals surface area contributed by atoms with Gasteiger partial charge in [-0.3, -0.25) is 4.98 Å². The Morgan fingerprint density at radius 2 is 1.71 bits per heavy atom. The fraction of sp³-hybridized carbons (Fsp3) is 0.240. The lowest BCUT2D eigenvalue weighted by Gasteiger charge is -2.32. The van der Waals surface area contributed by atoms with Gasteiger partial charge in [0, 0.05) is 30.5 Å². The van der Waals surface area contributed by atoms with Crippen molar-refractivity contribution >= 4 is 27.8 Å². The number of benzene rings is 2. The van der Waals surface area contributed by atoms with Crippen LogP contribution in [0.25, 0.3) is 45.0 Å². The Labute approximate surface area is 180 Å². The summed E-state index contributed by atoms with van der Waals surface area (Å²) in [5, 5.41) is 0. The van der Waals surface area contributed by atoms with E-state index in [1.807, 2.05) is 24.3 Å². The molecule has 2 aromatic carbocycles. The molecule has 0 spiro atoms. The predicted octanol–water partition coefficient (Wildman–Crippen LogP) is 5.40. The molecule has 4 heterocycles. The van der Waals surface area contributed by atoms with E-state index >= 15 is 0 Å². The van der Waals surface area contributed by atoms with Gasteiger partial charge < -0.3 is 14.9 Å². The van der Waals surface area contributed by atoms with Crippen LogP contribution in [0.4, 0.5) is 5.69 Å². The van der Waals surface area contributed by atoms with Crippen molar-refractivity contribution in [2.45, 2.75) is 19.8 Å². The van der Waals surface area contributed by atoms with Crippen LogP contribution >= 0.6 is 0 Å². The van der Waals surface area contributed by atoms with Gasteiger partial charge in [0.2, 0.25) is 0 Å². The molecule has 6 heteroatoms. The third kappa shape index (κ3) is 3.34. The Kier molecular flexibility index (Phi) is 4.23. The number of anilines is 1. The summed E-state index contributed by atoms with van der Waals surface area (Å²) >= 11 is 0. The van der Waals surface area contributed by atoms with Crippen molar-refractivity contribution in [2.75, 3.05) is 18.0 Å². The lowest BCUT2D eigenvalue weighted by molar-refractivity contribution is 0.447. The van der Waals surface area contributed by atoms with Crippen molar-refractivity contribution in [1.82, 2.24) is 24.9 Å². The molecule has 5 aromatic rings. The SMILES string of the molecule is CC1CCCN(c2ccc3nc(-c4ccc5nc(-c6ccccn6)[nH]c5c4)[nH]c3c2)C1. The first-order valence-corrected chi connectivity index (χ1v) is 10.9. The molecule has 0 aliphatic carbocycles. The van der Waals surface area contributed by atoms with Gasteiger partial charge in [0.25, 0.3) is 0 Å². The summed E-state index contributed by atoms with van der Waals surface area (Å²) in [7, 11) is 0. The molecule has 2 N–H and O–H groups in total. The molecule has 6 nitrogen and oxygen atoms in total. The van der Waals surface area contributed by atoms with E-state index in [9.17, 15) is 0 Å². The van der Waals surface area contributed by atoms with E-state index in [0.29, 0.717) is 0 Å². The molecule has 0 saturated carbocycles. The average molecular weight is 409 g/mol. The molecular formula is C25H24N6. The van der Waals surface area contributed by atoms with E-state index in [0.717, 1.165) is 64.0 Å². The number of aromatic amines is 2. The van der Waals surface area contributed by atoms with Gasteiger partial charge in [-0.05, 0) is 67.3 Å². The predicted molar refractivity (Wildman–Crippen MR) is 125 cm³/mol. The number of fused-ring (bicyclic) bond motifs is 2. The normalized spacial score (nSPS) is 16.9. The molecule has 0 bridgehead atoms. The van der Waals surface area contributed by atoms with E-state index in [4.69, 9.17) is 4.98 Å². The first kappa shape index (κ1) is 18.1. The van der Waals surface area contributed by atoms with Crippen molar-refractivity contribution in [3.63, 3.8) is 0 Å². The first-order valence-electron chi connectivity index (χ1n) is 10.9. The second kappa shape index (κ2) is 7.23. The largest absolute Gasteiger partial charge is 0.371 e. The van der Waals surface area contributed by atoms with E-state index in [2.05, 4.69) is 62.1 Å². The molecule has 1 saturated heterocycles. The van der Waals surface area contributed by atoms with Crippen molar-refractivity contribution in [3.05, 3.63) is 60.8 Å². The van der Waals surface area contributed by atoms with Crippen molar-refractivity contribution < 1.29 is 0 Å². The van der Waals surface area contributed by atoms with Gasteiger partial charge in [-0.15, -0.1) is 0 Å². The van der Waals surface area contributed by atoms with Crippen LogP contribution in [0, 0.1) is 5.92 Å². The standard InChI is InChI=1S/C25H24N6/c1-16-5-4-12-31(15-16)18-8-10-20-23(14-18)29-24(27-20)17-7-9-19-22(13-17)30-25(28-19)21-6-2-3-11-26-21/h2-3,6-11,13-14,16H,4-5,12,15H2,1H3,(H,27,29)(H,28,30). The van der Waals surface area contributed by atoms with Crippen LogP contribution in [0.15, 0.2) is 60.8 Å². The van der Waals surface area contributed by atoms with E-state index in [1.54, 1.807) is 6.20 Å². The lowest BCUT2D eigenvalue weighted by atomic mass is 10.00. The van der Waals surface area contributed by atoms with E-state index in [1.165, 1.54) is 18.5 Å². The Bertz CT molecular complexity index is 1370. The monoisotopic (exact) mass is 408 g/mol. The van der Waals surface area contributed by atoms with Gasteiger partial charge in [-0.25, -0.2) is 9.97 Å². The van der Waals surface area contributed by atoms with Gasteiger partial charge in [0.15, 0.2) is 5.82 Å². The zero-order valence-corrected chi connectivity index (χ0v) is 17.5. The number of hydrogen-bond acceptors (Lipinski definition) is 4. The summed E-state index contributed by atoms with van der Waals surface area (Å²) in [6.07, 6.45) is 4.37. The van der Waals surface area contributed by atoms with Crippen LogP contribution < -0.4 is 4.90 Å². The maximum Gasteiger partial charge on any atom is 0.157 e. The van der Waals surface area contributed by atoms with Crippen LogP contribution in [0.1, 0.15) is 19.8 Å². The zero-order chi connectivity index (χ0) is 20.8. The third-order valence-corrected chi connectivity index (χ3v) is 6.15. The molecule has 6 rings (SSSR count). The number of aromatic nitrogens is 5. The summed E-state index contributed by atoms with van der Waals surface area (Å²) in [6.45, 7) is 4.59. The molecule has 1 aliphatic heterocycles. The van der Waals surface area contributed by atoms with Gasteiger partial charge in [-0.1, -0.05) is 13.0 Å². The topological polar surface area (TPSA) is 73.5 Å². The highest BCUT2D eigenvalue weighted by atomic mass is 15.1. The highest BCUT2D eigenvalue weighted by molar-refractivity contribution is 5.86. The second-order valence-corrected chi connectivity index (χ2v) is 8.51. The molecule has 1 fully saturated rings. The fourth-order valence-electron chi connectivity index (χ4n) is 4.54. The summed E-state index contributed by atoms with van der Waals surface area (Å²) in [5.41, 5.74) is 7.10. The molecule has 3 aromatic heterocycles. The Morgan fingerprint density at radius 1 is 0.903 bits per heavy atom. The number of piperidine rings is 1. The minimum atomic E-state index is 0.749. The summed E-state index contributed by atoms with van der Waals surface area (Å²) < 4.78 is 0. The van der Waals surface area contributed by atoms with Crippen molar-refractivity contribution in [2.24, 2.45) is 5.92 Å². The number of nitrogens with zero attached hydrogens (tertiary/aromatic N) is 4. The molecule has 0 amide bonds. The minimum absolute atomic E-state index is 0.749. The Hall–Kier alpha value is -3.67. The van der Waals surface area contributed by atoms with Crippen LogP contribution in [0.3, 0.4) is 0 Å². The first-order chi connectivity index (χ1) is 15.2. The maximum absolute atomic E-state index is 4.84. The fourth-order valence-corrected chi connectivity index (χ4v) is 4.54. The highest BCUT2D eigenvalue weighted by Gasteiger charge is 2.17. The number of pyridine rings is 1. The quantitative estimate of drug-likeness (QED) is 0.419. The molecule has 31 heavy (non-hydrogen) atoms. The zero-order valence-electron chi connectivity index (χ0n) is 17.5. The van der Waals surface area contributed by atoms with Crippen molar-refractivity contribution in [3.8, 4) is 22.9 Å². The van der Waals surface area contributed by atoms with Crippen LogP contribution in [0.2, 0.25) is 0 Å². The number of rotatable bonds is 3. The molecule has 154 valence electrons. The average Bonchev–Trinajstić information content (AvgIpc) is 3.43. The maximum atomic E-state index is 4.84. The number of nitrogens with one attached hydrogen (secondary N) is 2. The smallest absolute Gasteiger partial charge is 0.157 e. The third-order valence-electron chi connectivity index (χ3n) is 6.15. The van der Waals surface area contributed by atoms with Crippen LogP contribution in [0.5, 0.6) is 0 Å². The number of hydrogen-bond donors (Lipinski definition) is 2. The van der Waals surface area contributed by atoms with Crippen molar-refractivity contribution in [1.29, 1.82) is 0 Å². The van der Waals surface area contributed by atoms with Crippen LogP contribution in [-0.2, 0) is 0 Å². The second-order valence-electron chi connectivity index (χ2n) is 8.51. The molecular weight excluding hydrogens is 384 g/mol. The summed E-state index contributed by atoms with van der Waals surface area (Å²) in [4.78, 5) is 23.3. The Balaban J connectivity index is 1.34. The molecule has 1 aliphatic rings.